The molecule has 0 atom stereocenters. The lowest BCUT2D eigenvalue weighted by Crippen LogP contribution is -2.13. The summed E-state index contributed by atoms with van der Waals surface area (Å²) in [6, 6.07) is 27.5. The fourth-order valence-electron chi connectivity index (χ4n) is 4.16. The van der Waals surface area contributed by atoms with Gasteiger partial charge in [0.2, 0.25) is 0 Å². The van der Waals surface area contributed by atoms with Gasteiger partial charge in [0, 0.05) is 27.0 Å². The highest BCUT2D eigenvalue weighted by atomic mass is 35.5. The number of nitrogens with zero attached hydrogens (tertiary/aromatic N) is 1. The number of halogens is 1. The Balaban J connectivity index is 1.67. The highest BCUT2D eigenvalue weighted by Crippen LogP contribution is 2.30. The third-order valence-electron chi connectivity index (χ3n) is 5.67. The van der Waals surface area contributed by atoms with Crippen LogP contribution in [0.3, 0.4) is 0 Å². The summed E-state index contributed by atoms with van der Waals surface area (Å²) in [5.41, 5.74) is 5.99. The molecule has 0 unspecified atom stereocenters. The van der Waals surface area contributed by atoms with E-state index in [0.29, 0.717) is 10.6 Å². The summed E-state index contributed by atoms with van der Waals surface area (Å²) in [5.74, 6) is -0.158. The maximum absolute atomic E-state index is 13.6. The van der Waals surface area contributed by atoms with Gasteiger partial charge in [0.1, 0.15) is 0 Å². The molecule has 1 heterocycles. The van der Waals surface area contributed by atoms with Crippen LogP contribution in [0.2, 0.25) is 5.02 Å². The van der Waals surface area contributed by atoms with Gasteiger partial charge in [-0.3, -0.25) is 4.79 Å². The number of fused-ring (bicyclic) bond motifs is 2. The molecule has 0 aliphatic rings. The molecule has 4 aromatic carbocycles. The lowest BCUT2D eigenvalue weighted by Gasteiger charge is -2.14. The number of amides is 1. The van der Waals surface area contributed by atoms with Gasteiger partial charge in [0.25, 0.3) is 5.91 Å². The first-order chi connectivity index (χ1) is 15.5. The SMILES string of the molecule is Cc1cc(C)c2nc(-c3ccc(Cl)cc3)cc(C(=O)Nc3cccc4ccccc34)c2c1. The van der Waals surface area contributed by atoms with E-state index in [9.17, 15) is 4.79 Å². The minimum absolute atomic E-state index is 0.158. The zero-order valence-electron chi connectivity index (χ0n) is 17.8. The molecular formula is C28H21ClN2O. The predicted octanol–water partition coefficient (Wildman–Crippen LogP) is 7.58. The monoisotopic (exact) mass is 436 g/mol. The maximum Gasteiger partial charge on any atom is 0.256 e. The Labute approximate surface area is 191 Å². The first-order valence-electron chi connectivity index (χ1n) is 10.5. The number of hydrogen-bond donors (Lipinski definition) is 1. The minimum Gasteiger partial charge on any atom is -0.321 e. The molecule has 1 N–H and O–H groups in total. The molecule has 0 aliphatic heterocycles. The molecule has 5 rings (SSSR count). The summed E-state index contributed by atoms with van der Waals surface area (Å²) in [4.78, 5) is 18.5. The fourth-order valence-corrected chi connectivity index (χ4v) is 4.29. The van der Waals surface area contributed by atoms with Crippen LogP contribution in [-0.2, 0) is 0 Å². The van der Waals surface area contributed by atoms with E-state index in [0.717, 1.165) is 49.7 Å². The summed E-state index contributed by atoms with van der Waals surface area (Å²) in [5, 5.41) is 6.73. The Morgan fingerprint density at radius 1 is 0.844 bits per heavy atom. The number of carbonyl (C=O) groups excluding carboxylic acids is 1. The first kappa shape index (κ1) is 20.2. The van der Waals surface area contributed by atoms with Crippen LogP contribution in [0.5, 0.6) is 0 Å². The van der Waals surface area contributed by atoms with Crippen molar-refractivity contribution in [1.29, 1.82) is 0 Å². The number of aryl methyl sites for hydroxylation is 2. The van der Waals surface area contributed by atoms with Crippen LogP contribution in [0.1, 0.15) is 21.5 Å². The largest absolute Gasteiger partial charge is 0.321 e. The van der Waals surface area contributed by atoms with Crippen molar-refractivity contribution in [3.63, 3.8) is 0 Å². The van der Waals surface area contributed by atoms with Crippen LogP contribution in [-0.4, -0.2) is 10.9 Å². The van der Waals surface area contributed by atoms with E-state index < -0.39 is 0 Å². The van der Waals surface area contributed by atoms with E-state index in [-0.39, 0.29) is 5.91 Å². The molecule has 32 heavy (non-hydrogen) atoms. The Hall–Kier alpha value is -3.69. The molecule has 3 nitrogen and oxygen atoms in total. The Morgan fingerprint density at radius 2 is 1.59 bits per heavy atom. The number of nitrogens with one attached hydrogen (secondary N) is 1. The highest BCUT2D eigenvalue weighted by Gasteiger charge is 2.17. The van der Waals surface area contributed by atoms with Crippen LogP contribution >= 0.6 is 11.6 Å². The molecular weight excluding hydrogens is 416 g/mol. The summed E-state index contributed by atoms with van der Waals surface area (Å²) in [7, 11) is 0. The van der Waals surface area contributed by atoms with Crippen LogP contribution in [0, 0.1) is 13.8 Å². The average molecular weight is 437 g/mol. The van der Waals surface area contributed by atoms with Crippen molar-refractivity contribution in [2.75, 3.05) is 5.32 Å². The summed E-state index contributed by atoms with van der Waals surface area (Å²) in [6.45, 7) is 4.06. The molecule has 0 bridgehead atoms. The number of rotatable bonds is 3. The number of pyridine rings is 1. The van der Waals surface area contributed by atoms with Gasteiger partial charge < -0.3 is 5.32 Å². The third-order valence-corrected chi connectivity index (χ3v) is 5.92. The molecule has 1 aromatic heterocycles. The highest BCUT2D eigenvalue weighted by molar-refractivity contribution is 6.30. The number of carbonyl (C=O) groups is 1. The quantitative estimate of drug-likeness (QED) is 0.316. The molecule has 5 aromatic rings. The number of hydrogen-bond acceptors (Lipinski definition) is 2. The number of benzene rings is 4. The van der Waals surface area contributed by atoms with Gasteiger partial charge in [-0.15, -0.1) is 0 Å². The summed E-state index contributed by atoms with van der Waals surface area (Å²) in [6.07, 6.45) is 0. The van der Waals surface area contributed by atoms with Crippen molar-refractivity contribution in [1.82, 2.24) is 4.98 Å². The maximum atomic E-state index is 13.6. The zero-order valence-corrected chi connectivity index (χ0v) is 18.6. The summed E-state index contributed by atoms with van der Waals surface area (Å²) >= 11 is 6.07. The van der Waals surface area contributed by atoms with Crippen LogP contribution in [0.4, 0.5) is 5.69 Å². The third kappa shape index (κ3) is 3.72. The molecule has 156 valence electrons. The number of anilines is 1. The van der Waals surface area contributed by atoms with Crippen LogP contribution in [0.25, 0.3) is 32.9 Å². The van der Waals surface area contributed by atoms with E-state index in [1.165, 1.54) is 0 Å². The van der Waals surface area contributed by atoms with Crippen molar-refractivity contribution >= 4 is 44.9 Å². The number of aromatic nitrogens is 1. The average Bonchev–Trinajstić information content (AvgIpc) is 2.79. The molecule has 0 radical (unpaired) electrons. The van der Waals surface area contributed by atoms with Gasteiger partial charge in [0.15, 0.2) is 0 Å². The standard InChI is InChI=1S/C28H21ClN2O/c1-17-14-18(2)27-23(15-17)24(16-26(30-27)20-10-12-21(29)13-11-20)28(32)31-25-9-5-7-19-6-3-4-8-22(19)25/h3-16H,1-2H3,(H,31,32). The molecule has 0 saturated heterocycles. The topological polar surface area (TPSA) is 42.0 Å². The van der Waals surface area contributed by atoms with E-state index >= 15 is 0 Å². The molecule has 0 aliphatic carbocycles. The van der Waals surface area contributed by atoms with Gasteiger partial charge >= 0.3 is 0 Å². The second-order valence-corrected chi connectivity index (χ2v) is 8.46. The van der Waals surface area contributed by atoms with Gasteiger partial charge in [-0.25, -0.2) is 4.98 Å². The van der Waals surface area contributed by atoms with Crippen molar-refractivity contribution in [2.24, 2.45) is 0 Å². The van der Waals surface area contributed by atoms with Gasteiger partial charge in [-0.2, -0.15) is 0 Å². The Morgan fingerprint density at radius 3 is 2.41 bits per heavy atom. The van der Waals surface area contributed by atoms with Crippen molar-refractivity contribution in [3.8, 4) is 11.3 Å². The molecule has 0 fully saturated rings. The fraction of sp³-hybridized carbons (Fsp3) is 0.0714. The second kappa shape index (κ2) is 8.10. The lowest BCUT2D eigenvalue weighted by atomic mass is 9.99. The van der Waals surface area contributed by atoms with Crippen molar-refractivity contribution in [3.05, 3.63) is 107 Å². The van der Waals surface area contributed by atoms with E-state index in [1.54, 1.807) is 0 Å². The normalized spacial score (nSPS) is 11.1. The smallest absolute Gasteiger partial charge is 0.256 e. The summed E-state index contributed by atoms with van der Waals surface area (Å²) < 4.78 is 0. The molecule has 0 saturated carbocycles. The van der Waals surface area contributed by atoms with Gasteiger partial charge in [-0.1, -0.05) is 71.8 Å². The van der Waals surface area contributed by atoms with Crippen LogP contribution < -0.4 is 5.32 Å². The van der Waals surface area contributed by atoms with E-state index in [2.05, 4.69) is 11.4 Å². The van der Waals surface area contributed by atoms with Crippen molar-refractivity contribution in [2.45, 2.75) is 13.8 Å². The predicted molar refractivity (Wildman–Crippen MR) is 134 cm³/mol. The zero-order chi connectivity index (χ0) is 22.2. The lowest BCUT2D eigenvalue weighted by molar-refractivity contribution is 0.102. The van der Waals surface area contributed by atoms with E-state index in [1.807, 2.05) is 92.7 Å². The van der Waals surface area contributed by atoms with Crippen LogP contribution in [0.15, 0.2) is 84.9 Å². The minimum atomic E-state index is -0.158. The molecule has 0 spiro atoms. The second-order valence-electron chi connectivity index (χ2n) is 8.02. The molecule has 1 amide bonds. The van der Waals surface area contributed by atoms with E-state index in [4.69, 9.17) is 16.6 Å². The first-order valence-corrected chi connectivity index (χ1v) is 10.8. The van der Waals surface area contributed by atoms with Gasteiger partial charge in [-0.05, 0) is 55.1 Å². The Bertz CT molecular complexity index is 1480. The van der Waals surface area contributed by atoms with Crippen molar-refractivity contribution < 1.29 is 4.79 Å². The molecule has 4 heteroatoms. The Kier molecular flexibility index (Phi) is 5.12. The van der Waals surface area contributed by atoms with Gasteiger partial charge in [0.05, 0.1) is 16.8 Å².